The van der Waals surface area contributed by atoms with Crippen LogP contribution in [0.3, 0.4) is 0 Å². The first kappa shape index (κ1) is 28.1. The number of hydrogen-bond donors (Lipinski definition) is 2. The second-order valence-corrected chi connectivity index (χ2v) is 9.59. The minimum Gasteiger partial charge on any atom is -0.496 e. The quantitative estimate of drug-likeness (QED) is 0.516. The summed E-state index contributed by atoms with van der Waals surface area (Å²) in [6.45, 7) is 1.79. The van der Waals surface area contributed by atoms with E-state index in [1.165, 1.54) is 4.90 Å². The Morgan fingerprint density at radius 1 is 1.00 bits per heavy atom. The Bertz CT molecular complexity index is 1460. The number of methoxy groups -OCH3 is 1. The predicted octanol–water partition coefficient (Wildman–Crippen LogP) is 3.22. The lowest BCUT2D eigenvalue weighted by atomic mass is 9.97. The number of benzene rings is 3. The summed E-state index contributed by atoms with van der Waals surface area (Å²) in [6, 6.07) is 14.8. The summed E-state index contributed by atoms with van der Waals surface area (Å²) < 4.78 is 5.69. The molecule has 0 fully saturated rings. The van der Waals surface area contributed by atoms with Gasteiger partial charge < -0.3 is 25.2 Å². The number of ketones is 1. The number of carbonyl (C=O) groups is 4. The zero-order chi connectivity index (χ0) is 27.0. The van der Waals surface area contributed by atoms with Crippen molar-refractivity contribution < 1.29 is 23.9 Å². The molecule has 0 unspecified atom stereocenters. The van der Waals surface area contributed by atoms with Gasteiger partial charge in [0.25, 0.3) is 5.91 Å². The van der Waals surface area contributed by atoms with Gasteiger partial charge in [0.15, 0.2) is 5.78 Å². The van der Waals surface area contributed by atoms with E-state index >= 15 is 0 Å². The van der Waals surface area contributed by atoms with E-state index in [0.29, 0.717) is 22.7 Å². The highest BCUT2D eigenvalue weighted by Gasteiger charge is 2.38. The molecule has 0 aromatic heterocycles. The maximum absolute atomic E-state index is 14.1. The average Bonchev–Trinajstić information content (AvgIpc) is 3.05. The highest BCUT2D eigenvalue weighted by molar-refractivity contribution is 6.10. The fourth-order valence-electron chi connectivity index (χ4n) is 5.08. The van der Waals surface area contributed by atoms with Crippen molar-refractivity contribution in [3.05, 3.63) is 65.7 Å². The summed E-state index contributed by atoms with van der Waals surface area (Å²) in [5.41, 5.74) is 2.38. The van der Waals surface area contributed by atoms with Crippen molar-refractivity contribution >= 4 is 58.1 Å². The van der Waals surface area contributed by atoms with E-state index in [1.807, 2.05) is 30.3 Å². The van der Waals surface area contributed by atoms with Gasteiger partial charge in [-0.25, -0.2) is 0 Å². The van der Waals surface area contributed by atoms with E-state index in [2.05, 4.69) is 10.6 Å². The normalized spacial score (nSPS) is 17.9. The van der Waals surface area contributed by atoms with Crippen LogP contribution in [0.15, 0.2) is 54.6 Å². The van der Waals surface area contributed by atoms with Crippen molar-refractivity contribution in [2.24, 2.45) is 0 Å². The van der Waals surface area contributed by atoms with Gasteiger partial charge in [-0.3, -0.25) is 19.2 Å². The van der Waals surface area contributed by atoms with Gasteiger partial charge in [0.05, 0.1) is 37.6 Å². The number of hydrogen-bond acceptors (Lipinski definition) is 6. The van der Waals surface area contributed by atoms with Gasteiger partial charge in [0.1, 0.15) is 11.8 Å². The van der Waals surface area contributed by atoms with E-state index in [9.17, 15) is 19.2 Å². The minimum atomic E-state index is -0.998. The fraction of sp³-hybridized carbons (Fsp3) is 0.310. The summed E-state index contributed by atoms with van der Waals surface area (Å²) in [7, 11) is 3.23. The number of para-hydroxylation sites is 2. The third kappa shape index (κ3) is 5.20. The largest absolute Gasteiger partial charge is 0.496 e. The van der Waals surface area contributed by atoms with Gasteiger partial charge in [-0.05, 0) is 49.0 Å². The topological polar surface area (TPSA) is 108 Å². The number of rotatable bonds is 4. The zero-order valence-electron chi connectivity index (χ0n) is 22.0. The molecule has 39 heavy (non-hydrogen) atoms. The lowest BCUT2D eigenvalue weighted by molar-refractivity contribution is -0.128. The molecule has 3 aromatic rings. The van der Waals surface area contributed by atoms with E-state index in [4.69, 9.17) is 4.74 Å². The van der Waals surface area contributed by atoms with Crippen LogP contribution in [0.5, 0.6) is 5.75 Å². The van der Waals surface area contributed by atoms with Gasteiger partial charge in [0.2, 0.25) is 11.8 Å². The van der Waals surface area contributed by atoms with E-state index in [1.54, 1.807) is 50.2 Å². The lowest BCUT2D eigenvalue weighted by Gasteiger charge is -2.27. The number of ether oxygens (including phenoxy) is 1. The third-order valence-corrected chi connectivity index (χ3v) is 7.35. The molecule has 204 valence electrons. The van der Waals surface area contributed by atoms with Crippen LogP contribution in [0, 0.1) is 0 Å². The molecule has 3 aliphatic rings. The second-order valence-electron chi connectivity index (χ2n) is 9.59. The molecule has 3 aromatic carbocycles. The number of likely N-dealkylation sites (N-methyl/N-ethyl adjacent to an activating group) is 1. The summed E-state index contributed by atoms with van der Waals surface area (Å²) in [6.07, 6.45) is -0.00165. The summed E-state index contributed by atoms with van der Waals surface area (Å²) >= 11 is 0. The molecule has 9 nitrogen and oxygen atoms in total. The first-order valence-corrected chi connectivity index (χ1v) is 12.6. The number of halogens is 1. The van der Waals surface area contributed by atoms with Gasteiger partial charge in [-0.15, -0.1) is 12.4 Å². The Kier molecular flexibility index (Phi) is 8.22. The van der Waals surface area contributed by atoms with Crippen LogP contribution in [0.4, 0.5) is 11.4 Å². The molecule has 0 saturated heterocycles. The van der Waals surface area contributed by atoms with Crippen molar-refractivity contribution in [3.8, 4) is 5.75 Å². The Hall–Kier alpha value is -3.95. The Morgan fingerprint density at radius 3 is 2.41 bits per heavy atom. The van der Waals surface area contributed by atoms with Crippen molar-refractivity contribution in [3.63, 3.8) is 0 Å². The maximum atomic E-state index is 14.1. The van der Waals surface area contributed by atoms with Crippen LogP contribution in [0.2, 0.25) is 0 Å². The Balaban J connectivity index is 0.00000353. The molecule has 6 bridgehead atoms. The molecular formula is C29H31ClN4O5. The summed E-state index contributed by atoms with van der Waals surface area (Å²) in [5, 5.41) is 7.41. The van der Waals surface area contributed by atoms with Crippen LogP contribution < -0.4 is 25.2 Å². The van der Waals surface area contributed by atoms with Gasteiger partial charge >= 0.3 is 0 Å². The Morgan fingerprint density at radius 2 is 1.72 bits per heavy atom. The minimum absolute atomic E-state index is 0. The third-order valence-electron chi connectivity index (χ3n) is 7.35. The molecule has 0 aliphatic carbocycles. The van der Waals surface area contributed by atoms with Crippen LogP contribution >= 0.6 is 12.4 Å². The fourth-order valence-corrected chi connectivity index (χ4v) is 5.08. The van der Waals surface area contributed by atoms with Gasteiger partial charge in [-0.1, -0.05) is 30.3 Å². The second kappa shape index (κ2) is 11.4. The first-order chi connectivity index (χ1) is 18.3. The number of nitrogens with zero attached hydrogens (tertiary/aromatic N) is 2. The molecule has 2 atom stereocenters. The van der Waals surface area contributed by atoms with E-state index < -0.39 is 12.1 Å². The maximum Gasteiger partial charge on any atom is 0.251 e. The molecule has 10 heteroatoms. The number of Topliss-reactive ketones (excluding diaryl/α,β-unsaturated/α-hetero) is 1. The summed E-state index contributed by atoms with van der Waals surface area (Å²) in [4.78, 5) is 56.7. The molecule has 3 aliphatic heterocycles. The van der Waals surface area contributed by atoms with Gasteiger partial charge in [0, 0.05) is 24.0 Å². The number of anilines is 2. The predicted molar refractivity (Wildman–Crippen MR) is 152 cm³/mol. The van der Waals surface area contributed by atoms with Crippen molar-refractivity contribution in [2.45, 2.75) is 38.4 Å². The zero-order valence-corrected chi connectivity index (χ0v) is 22.8. The number of amides is 3. The molecule has 6 rings (SSSR count). The first-order valence-electron chi connectivity index (χ1n) is 12.6. The molecule has 2 N–H and O–H groups in total. The smallest absolute Gasteiger partial charge is 0.251 e. The van der Waals surface area contributed by atoms with E-state index in [-0.39, 0.29) is 61.8 Å². The molecule has 0 saturated carbocycles. The number of carbonyl (C=O) groups excluding carboxylic acids is 4. The summed E-state index contributed by atoms with van der Waals surface area (Å²) in [5.74, 6) is -0.535. The van der Waals surface area contributed by atoms with Crippen molar-refractivity contribution in [1.29, 1.82) is 0 Å². The van der Waals surface area contributed by atoms with E-state index in [0.717, 1.165) is 16.3 Å². The number of fused-ring (bicyclic) bond motifs is 4. The molecule has 3 amide bonds. The number of nitrogens with one attached hydrogen (secondary N) is 2. The standard InChI is InChI=1S/C29H30N4O5.ClH/c1-17(30-2)28(36)31-22-16-32-23-6-4-5-7-24(23)33(29(22)37)15-21-20-10-8-19(25(34)11-13-27(32)35)14-18(20)9-12-26(21)38-3;/h4-10,12,14,17,22,30H,11,13,15-16H2,1-3H3,(H,31,36);1H/t17-,22-;/m0./s1. The van der Waals surface area contributed by atoms with Crippen LogP contribution in [0.1, 0.15) is 35.7 Å². The lowest BCUT2D eigenvalue weighted by Crippen LogP contribution is -2.55. The average molecular weight is 551 g/mol. The Labute approximate surface area is 232 Å². The molecule has 0 spiro atoms. The van der Waals surface area contributed by atoms with Crippen molar-refractivity contribution in [1.82, 2.24) is 10.6 Å². The van der Waals surface area contributed by atoms with Crippen molar-refractivity contribution in [2.75, 3.05) is 30.5 Å². The highest BCUT2D eigenvalue weighted by Crippen LogP contribution is 2.38. The monoisotopic (exact) mass is 550 g/mol. The highest BCUT2D eigenvalue weighted by atomic mass is 35.5. The van der Waals surface area contributed by atoms with Gasteiger partial charge in [-0.2, -0.15) is 0 Å². The molecular weight excluding hydrogens is 520 g/mol. The van der Waals surface area contributed by atoms with Crippen LogP contribution in [-0.4, -0.2) is 56.3 Å². The SMILES string of the molecule is CN[C@@H](C)C(=O)N[C@H]1CN2C(=O)CCC(=O)c3ccc4c(c(OC)ccc4c3)CN(C1=O)c1ccccc12.Cl. The van der Waals surface area contributed by atoms with Crippen LogP contribution in [0.25, 0.3) is 10.8 Å². The molecule has 3 heterocycles. The van der Waals surface area contributed by atoms with Crippen LogP contribution in [-0.2, 0) is 20.9 Å². The molecule has 0 radical (unpaired) electrons.